The van der Waals surface area contributed by atoms with Gasteiger partial charge >= 0.3 is 6.61 Å². The summed E-state index contributed by atoms with van der Waals surface area (Å²) >= 11 is 0. The Morgan fingerprint density at radius 1 is 1.10 bits per heavy atom. The fourth-order valence-electron chi connectivity index (χ4n) is 4.87. The Balaban J connectivity index is 1.65. The first-order valence-corrected chi connectivity index (χ1v) is 12.5. The maximum atomic E-state index is 15.3. The molecule has 1 aromatic heterocycles. The first kappa shape index (κ1) is 29.6. The summed E-state index contributed by atoms with van der Waals surface area (Å²) in [5.41, 5.74) is -0.259. The van der Waals surface area contributed by atoms with E-state index < -0.39 is 47.9 Å². The van der Waals surface area contributed by atoms with Gasteiger partial charge in [-0.3, -0.25) is 14.5 Å². The molecule has 0 radical (unpaired) electrons. The summed E-state index contributed by atoms with van der Waals surface area (Å²) < 4.78 is 70.0. The smallest absolute Gasteiger partial charge is 0.387 e. The van der Waals surface area contributed by atoms with Crippen molar-refractivity contribution in [2.75, 3.05) is 31.8 Å². The number of ether oxygens (including phenoxy) is 3. The molecule has 2 amide bonds. The Morgan fingerprint density at radius 2 is 1.78 bits per heavy atom. The number of halogens is 4. The lowest BCUT2D eigenvalue weighted by molar-refractivity contribution is -0.120. The highest BCUT2D eigenvalue weighted by Crippen LogP contribution is 2.43. The molecule has 1 unspecified atom stereocenters. The van der Waals surface area contributed by atoms with Crippen LogP contribution >= 0.6 is 0 Å². The van der Waals surface area contributed by atoms with Crippen molar-refractivity contribution in [2.24, 2.45) is 5.92 Å². The number of nitrogens with zero attached hydrogens (tertiary/aromatic N) is 2. The number of aliphatic hydroxyl groups excluding tert-OH is 1. The van der Waals surface area contributed by atoms with Crippen LogP contribution in [-0.2, 0) is 4.79 Å². The number of hydrogen-bond donors (Lipinski definition) is 2. The van der Waals surface area contributed by atoms with E-state index in [-0.39, 0.29) is 54.1 Å². The molecule has 2 aromatic carbocycles. The van der Waals surface area contributed by atoms with Gasteiger partial charge < -0.3 is 24.6 Å². The quantitative estimate of drug-likeness (QED) is 0.333. The molecule has 3 atom stereocenters. The Labute approximate surface area is 232 Å². The van der Waals surface area contributed by atoms with Crippen molar-refractivity contribution in [3.8, 4) is 17.4 Å². The van der Waals surface area contributed by atoms with Gasteiger partial charge in [0.2, 0.25) is 11.8 Å². The number of aliphatic hydroxyl groups is 1. The van der Waals surface area contributed by atoms with E-state index in [1.807, 2.05) is 0 Å². The third-order valence-electron chi connectivity index (χ3n) is 6.66. The number of pyridine rings is 1. The molecule has 3 aromatic rings. The molecule has 1 aliphatic rings. The number of amides is 2. The third-order valence-corrected chi connectivity index (χ3v) is 6.66. The number of carbonyl (C=O) groups is 2. The Kier molecular flexibility index (Phi) is 9.28. The predicted molar refractivity (Wildman–Crippen MR) is 138 cm³/mol. The maximum Gasteiger partial charge on any atom is 0.387 e. The monoisotopic (exact) mass is 577 g/mol. The van der Waals surface area contributed by atoms with Crippen molar-refractivity contribution in [1.29, 1.82) is 0 Å². The molecule has 218 valence electrons. The Hall–Kier alpha value is -4.39. The van der Waals surface area contributed by atoms with E-state index in [0.29, 0.717) is 0 Å². The lowest BCUT2D eigenvalue weighted by Gasteiger charge is -2.25. The largest absolute Gasteiger partial charge is 0.497 e. The van der Waals surface area contributed by atoms with Crippen molar-refractivity contribution in [3.63, 3.8) is 0 Å². The molecule has 13 heteroatoms. The molecule has 41 heavy (non-hydrogen) atoms. The minimum absolute atomic E-state index is 0.0330. The van der Waals surface area contributed by atoms with Crippen LogP contribution in [0.3, 0.4) is 0 Å². The van der Waals surface area contributed by atoms with Crippen LogP contribution in [0.1, 0.15) is 28.8 Å². The SMILES string of the molecule is COc1cc(F)c([C@H]2C(CNC(=O)c3ccc(OC(F)F)cc3)C(=O)N(c3cccc(OCCO)n3)[C@H]2C)c(F)c1. The molecule has 1 aliphatic heterocycles. The number of carbonyl (C=O) groups excluding carboxylic acids is 2. The first-order chi connectivity index (χ1) is 19.6. The van der Waals surface area contributed by atoms with E-state index in [4.69, 9.17) is 14.6 Å². The van der Waals surface area contributed by atoms with Gasteiger partial charge in [0.05, 0.1) is 19.6 Å². The molecule has 1 saturated heterocycles. The average Bonchev–Trinajstić information content (AvgIpc) is 3.18. The number of aromatic nitrogens is 1. The normalized spacial score (nSPS) is 18.5. The highest BCUT2D eigenvalue weighted by atomic mass is 19.3. The van der Waals surface area contributed by atoms with E-state index in [9.17, 15) is 18.4 Å². The third kappa shape index (κ3) is 6.51. The molecule has 0 bridgehead atoms. The molecule has 9 nitrogen and oxygen atoms in total. The summed E-state index contributed by atoms with van der Waals surface area (Å²) in [6.07, 6.45) is 0. The minimum Gasteiger partial charge on any atom is -0.497 e. The lowest BCUT2D eigenvalue weighted by Crippen LogP contribution is -2.36. The van der Waals surface area contributed by atoms with Gasteiger partial charge in [-0.2, -0.15) is 13.8 Å². The average molecular weight is 578 g/mol. The topological polar surface area (TPSA) is 110 Å². The Bertz CT molecular complexity index is 1370. The van der Waals surface area contributed by atoms with Crippen molar-refractivity contribution in [1.82, 2.24) is 10.3 Å². The molecule has 0 saturated carbocycles. The summed E-state index contributed by atoms with van der Waals surface area (Å²) in [7, 11) is 1.26. The van der Waals surface area contributed by atoms with Crippen LogP contribution in [0.5, 0.6) is 17.4 Å². The molecule has 1 fully saturated rings. The van der Waals surface area contributed by atoms with Gasteiger partial charge in [0.25, 0.3) is 5.91 Å². The summed E-state index contributed by atoms with van der Waals surface area (Å²) in [4.78, 5) is 32.2. The zero-order valence-electron chi connectivity index (χ0n) is 22.0. The first-order valence-electron chi connectivity index (χ1n) is 12.5. The number of anilines is 1. The van der Waals surface area contributed by atoms with Gasteiger partial charge in [0.1, 0.15) is 35.6 Å². The second-order valence-electron chi connectivity index (χ2n) is 9.10. The number of benzene rings is 2. The van der Waals surface area contributed by atoms with Gasteiger partial charge in [-0.15, -0.1) is 0 Å². The van der Waals surface area contributed by atoms with E-state index >= 15 is 8.78 Å². The van der Waals surface area contributed by atoms with Gasteiger partial charge in [-0.05, 0) is 37.3 Å². The highest BCUT2D eigenvalue weighted by Gasteiger charge is 2.49. The fraction of sp³-hybridized carbons (Fsp3) is 0.321. The number of methoxy groups -OCH3 is 1. The second kappa shape index (κ2) is 12.9. The molecular weight excluding hydrogens is 550 g/mol. The van der Waals surface area contributed by atoms with Crippen LogP contribution in [0.2, 0.25) is 0 Å². The number of hydrogen-bond acceptors (Lipinski definition) is 7. The summed E-state index contributed by atoms with van der Waals surface area (Å²) in [6.45, 7) is -2.01. The lowest BCUT2D eigenvalue weighted by atomic mass is 9.83. The van der Waals surface area contributed by atoms with Gasteiger partial charge in [0, 0.05) is 47.8 Å². The molecular formula is C28H27F4N3O6. The zero-order valence-corrected chi connectivity index (χ0v) is 22.0. The van der Waals surface area contributed by atoms with Crippen LogP contribution in [0.4, 0.5) is 23.4 Å². The van der Waals surface area contributed by atoms with E-state index in [1.54, 1.807) is 13.0 Å². The second-order valence-corrected chi connectivity index (χ2v) is 9.10. The van der Waals surface area contributed by atoms with Crippen molar-refractivity contribution < 1.29 is 46.5 Å². The highest BCUT2D eigenvalue weighted by molar-refractivity contribution is 6.00. The van der Waals surface area contributed by atoms with Crippen molar-refractivity contribution in [2.45, 2.75) is 25.5 Å². The molecule has 2 N–H and O–H groups in total. The van der Waals surface area contributed by atoms with Crippen LogP contribution in [0.15, 0.2) is 54.6 Å². The van der Waals surface area contributed by atoms with Crippen LogP contribution in [0, 0.1) is 17.6 Å². The van der Waals surface area contributed by atoms with E-state index in [0.717, 1.165) is 12.1 Å². The van der Waals surface area contributed by atoms with Gasteiger partial charge in [-0.1, -0.05) is 6.07 Å². The van der Waals surface area contributed by atoms with Crippen molar-refractivity contribution >= 4 is 17.6 Å². The molecule has 0 spiro atoms. The number of nitrogens with one attached hydrogen (secondary N) is 1. The predicted octanol–water partition coefficient (Wildman–Crippen LogP) is 3.91. The van der Waals surface area contributed by atoms with Crippen LogP contribution in [0.25, 0.3) is 0 Å². The van der Waals surface area contributed by atoms with Gasteiger partial charge in [0.15, 0.2) is 0 Å². The Morgan fingerprint density at radius 3 is 2.39 bits per heavy atom. The molecule has 2 heterocycles. The van der Waals surface area contributed by atoms with Crippen molar-refractivity contribution in [3.05, 3.63) is 77.4 Å². The van der Waals surface area contributed by atoms with Gasteiger partial charge in [-0.25, -0.2) is 8.78 Å². The summed E-state index contributed by atoms with van der Waals surface area (Å²) in [5, 5.41) is 11.7. The molecule has 0 aliphatic carbocycles. The summed E-state index contributed by atoms with van der Waals surface area (Å²) in [6, 6.07) is 10.8. The standard InChI is InChI=1S/C28H27F4N3O6/c1-15-24(25-20(29)12-18(39-2)13-21(25)30)19(14-33-26(37)16-6-8-17(9-7-16)41-28(31)32)27(38)35(15)22-4-3-5-23(34-22)40-11-10-36/h3-9,12-13,15,19,24,28,36H,10-11,14H2,1-2H3,(H,33,37)/t15-,19?,24+/m0/s1. The van der Waals surface area contributed by atoms with Crippen LogP contribution in [-0.4, -0.2) is 61.4 Å². The van der Waals surface area contributed by atoms with Crippen LogP contribution < -0.4 is 24.4 Å². The number of rotatable bonds is 11. The van der Waals surface area contributed by atoms with E-state index in [1.165, 1.54) is 48.4 Å². The minimum atomic E-state index is -3.03. The molecule has 4 rings (SSSR count). The number of alkyl halides is 2. The fourth-order valence-corrected chi connectivity index (χ4v) is 4.87. The summed E-state index contributed by atoms with van der Waals surface area (Å²) in [5.74, 6) is -5.11. The maximum absolute atomic E-state index is 15.3. The zero-order chi connectivity index (χ0) is 29.7. The van der Waals surface area contributed by atoms with E-state index in [2.05, 4.69) is 15.0 Å².